The first kappa shape index (κ1) is 11.2. The van der Waals surface area contributed by atoms with Gasteiger partial charge in [-0.3, -0.25) is 0 Å². The van der Waals surface area contributed by atoms with E-state index in [9.17, 15) is 0 Å². The van der Waals surface area contributed by atoms with Crippen LogP contribution in [0.2, 0.25) is 0 Å². The number of allylic oxidation sites excluding steroid dienone is 1. The largest absolute Gasteiger partial charge is 0.497 e. The third kappa shape index (κ3) is 2.27. The fourth-order valence-corrected chi connectivity index (χ4v) is 2.30. The number of methoxy groups -OCH3 is 1. The van der Waals surface area contributed by atoms with Crippen LogP contribution in [0.25, 0.3) is 0 Å². The van der Waals surface area contributed by atoms with E-state index in [2.05, 4.69) is 25.1 Å². The Hall–Kier alpha value is -1.28. The van der Waals surface area contributed by atoms with Gasteiger partial charge in [-0.05, 0) is 37.5 Å². The summed E-state index contributed by atoms with van der Waals surface area (Å²) in [7, 11) is 1.69. The zero-order chi connectivity index (χ0) is 11.5. The summed E-state index contributed by atoms with van der Waals surface area (Å²) in [6.45, 7) is 2.18. The van der Waals surface area contributed by atoms with E-state index in [-0.39, 0.29) is 6.04 Å². The highest BCUT2D eigenvalue weighted by Gasteiger charge is 2.22. The monoisotopic (exact) mass is 217 g/mol. The van der Waals surface area contributed by atoms with Crippen molar-refractivity contribution in [1.29, 1.82) is 0 Å². The highest BCUT2D eigenvalue weighted by atomic mass is 16.5. The van der Waals surface area contributed by atoms with Gasteiger partial charge in [0.05, 0.1) is 7.11 Å². The molecular weight excluding hydrogens is 198 g/mol. The van der Waals surface area contributed by atoms with Crippen LogP contribution in [-0.4, -0.2) is 13.2 Å². The Kier molecular flexibility index (Phi) is 3.30. The first-order chi connectivity index (χ1) is 7.70. The molecule has 0 aliphatic heterocycles. The molecule has 1 aromatic carbocycles. The molecule has 86 valence electrons. The lowest BCUT2D eigenvalue weighted by Crippen LogP contribution is -2.30. The van der Waals surface area contributed by atoms with Gasteiger partial charge in [-0.1, -0.05) is 23.8 Å². The number of nitrogens with two attached hydrogens (primary N) is 1. The van der Waals surface area contributed by atoms with Gasteiger partial charge in [-0.25, -0.2) is 0 Å². The number of rotatable bonds is 2. The second-order valence-electron chi connectivity index (χ2n) is 4.53. The van der Waals surface area contributed by atoms with Crippen molar-refractivity contribution >= 4 is 0 Å². The molecule has 16 heavy (non-hydrogen) atoms. The Morgan fingerprint density at radius 1 is 1.25 bits per heavy atom. The van der Waals surface area contributed by atoms with Crippen molar-refractivity contribution in [2.75, 3.05) is 7.11 Å². The van der Waals surface area contributed by atoms with Gasteiger partial charge >= 0.3 is 0 Å². The number of hydrogen-bond acceptors (Lipinski definition) is 2. The Balaban J connectivity index is 2.19. The fourth-order valence-electron chi connectivity index (χ4n) is 2.30. The normalized spacial score (nSPS) is 25.1. The van der Waals surface area contributed by atoms with Crippen LogP contribution in [0, 0.1) is 0 Å². The van der Waals surface area contributed by atoms with E-state index in [0.29, 0.717) is 5.92 Å². The molecule has 0 bridgehead atoms. The predicted molar refractivity (Wildman–Crippen MR) is 66.7 cm³/mol. The van der Waals surface area contributed by atoms with Crippen LogP contribution in [0.4, 0.5) is 0 Å². The summed E-state index contributed by atoms with van der Waals surface area (Å²) in [4.78, 5) is 0. The van der Waals surface area contributed by atoms with E-state index in [4.69, 9.17) is 10.5 Å². The van der Waals surface area contributed by atoms with Gasteiger partial charge in [0, 0.05) is 12.0 Å². The maximum atomic E-state index is 6.17. The average molecular weight is 217 g/mol. The van der Waals surface area contributed by atoms with Crippen molar-refractivity contribution in [3.63, 3.8) is 0 Å². The molecule has 0 aromatic heterocycles. The van der Waals surface area contributed by atoms with Crippen LogP contribution in [0.5, 0.6) is 5.75 Å². The lowest BCUT2D eigenvalue weighted by atomic mass is 9.81. The molecule has 0 spiro atoms. The highest BCUT2D eigenvalue weighted by Crippen LogP contribution is 2.32. The van der Waals surface area contributed by atoms with Crippen molar-refractivity contribution in [2.24, 2.45) is 5.73 Å². The van der Waals surface area contributed by atoms with Gasteiger partial charge < -0.3 is 10.5 Å². The molecule has 0 fully saturated rings. The standard InChI is InChI=1S/C14H19NO/c1-10-3-8-14(15)13(9-10)11-4-6-12(16-2)7-5-11/h3-7,13-14H,8-9,15H2,1-2H3. The van der Waals surface area contributed by atoms with Crippen molar-refractivity contribution in [2.45, 2.75) is 31.7 Å². The minimum absolute atomic E-state index is 0.247. The minimum Gasteiger partial charge on any atom is -0.497 e. The average Bonchev–Trinajstić information content (AvgIpc) is 2.32. The molecule has 0 heterocycles. The quantitative estimate of drug-likeness (QED) is 0.773. The molecule has 2 unspecified atom stereocenters. The summed E-state index contributed by atoms with van der Waals surface area (Å²) >= 11 is 0. The summed E-state index contributed by atoms with van der Waals surface area (Å²) in [5.41, 5.74) is 8.93. The molecule has 1 aromatic rings. The molecule has 1 aliphatic carbocycles. The Labute approximate surface area is 97.1 Å². The first-order valence-electron chi connectivity index (χ1n) is 5.76. The van der Waals surface area contributed by atoms with Crippen molar-refractivity contribution < 1.29 is 4.74 Å². The molecule has 0 saturated carbocycles. The fraction of sp³-hybridized carbons (Fsp3) is 0.429. The first-order valence-corrected chi connectivity index (χ1v) is 5.76. The lowest BCUT2D eigenvalue weighted by molar-refractivity contribution is 0.414. The van der Waals surface area contributed by atoms with Crippen LogP contribution in [0.15, 0.2) is 35.9 Å². The van der Waals surface area contributed by atoms with Crippen LogP contribution >= 0.6 is 0 Å². The number of benzene rings is 1. The third-order valence-electron chi connectivity index (χ3n) is 3.34. The van der Waals surface area contributed by atoms with Gasteiger partial charge in [0.1, 0.15) is 5.75 Å². The Morgan fingerprint density at radius 3 is 2.56 bits per heavy atom. The van der Waals surface area contributed by atoms with Crippen LogP contribution < -0.4 is 10.5 Å². The number of hydrogen-bond donors (Lipinski definition) is 1. The molecule has 0 saturated heterocycles. The highest BCUT2D eigenvalue weighted by molar-refractivity contribution is 5.32. The van der Waals surface area contributed by atoms with Gasteiger partial charge in [-0.2, -0.15) is 0 Å². The van der Waals surface area contributed by atoms with Gasteiger partial charge in [0.25, 0.3) is 0 Å². The third-order valence-corrected chi connectivity index (χ3v) is 3.34. The molecule has 2 heteroatoms. The zero-order valence-electron chi connectivity index (χ0n) is 9.94. The Morgan fingerprint density at radius 2 is 1.94 bits per heavy atom. The topological polar surface area (TPSA) is 35.2 Å². The van der Waals surface area contributed by atoms with Crippen molar-refractivity contribution in [1.82, 2.24) is 0 Å². The van der Waals surface area contributed by atoms with E-state index in [0.717, 1.165) is 18.6 Å². The SMILES string of the molecule is COc1ccc(C2CC(C)=CCC2N)cc1. The van der Waals surface area contributed by atoms with E-state index >= 15 is 0 Å². The summed E-state index contributed by atoms with van der Waals surface area (Å²) < 4.78 is 5.16. The molecule has 2 nitrogen and oxygen atoms in total. The van der Waals surface area contributed by atoms with Crippen LogP contribution in [0.3, 0.4) is 0 Å². The van der Waals surface area contributed by atoms with E-state index in [1.807, 2.05) is 12.1 Å². The smallest absolute Gasteiger partial charge is 0.118 e. The maximum Gasteiger partial charge on any atom is 0.118 e. The lowest BCUT2D eigenvalue weighted by Gasteiger charge is -2.28. The molecule has 1 aliphatic rings. The van der Waals surface area contributed by atoms with Gasteiger partial charge in [0.2, 0.25) is 0 Å². The predicted octanol–water partition coefficient (Wildman–Crippen LogP) is 2.85. The molecule has 0 amide bonds. The van der Waals surface area contributed by atoms with Crippen molar-refractivity contribution in [3.8, 4) is 5.75 Å². The summed E-state index contributed by atoms with van der Waals surface area (Å²) in [5.74, 6) is 1.36. The molecule has 2 rings (SSSR count). The van der Waals surface area contributed by atoms with Gasteiger partial charge in [0.15, 0.2) is 0 Å². The molecule has 2 atom stereocenters. The number of ether oxygens (including phenoxy) is 1. The molecular formula is C14H19NO. The zero-order valence-corrected chi connectivity index (χ0v) is 9.94. The Bertz CT molecular complexity index is 380. The second kappa shape index (κ2) is 4.71. The van der Waals surface area contributed by atoms with Gasteiger partial charge in [-0.15, -0.1) is 0 Å². The maximum absolute atomic E-state index is 6.17. The van der Waals surface area contributed by atoms with E-state index < -0.39 is 0 Å². The van der Waals surface area contributed by atoms with E-state index in [1.54, 1.807) is 7.11 Å². The van der Waals surface area contributed by atoms with Crippen LogP contribution in [-0.2, 0) is 0 Å². The second-order valence-corrected chi connectivity index (χ2v) is 4.53. The summed E-state index contributed by atoms with van der Waals surface area (Å²) in [6.07, 6.45) is 4.32. The molecule has 2 N–H and O–H groups in total. The van der Waals surface area contributed by atoms with Crippen LogP contribution in [0.1, 0.15) is 31.2 Å². The summed E-state index contributed by atoms with van der Waals surface area (Å²) in [5, 5.41) is 0. The molecule has 0 radical (unpaired) electrons. The summed E-state index contributed by atoms with van der Waals surface area (Å²) in [6, 6.07) is 8.52. The minimum atomic E-state index is 0.247. The van der Waals surface area contributed by atoms with E-state index in [1.165, 1.54) is 11.1 Å². The van der Waals surface area contributed by atoms with Crippen molar-refractivity contribution in [3.05, 3.63) is 41.5 Å².